The van der Waals surface area contributed by atoms with Crippen molar-refractivity contribution >= 4 is 5.78 Å². The van der Waals surface area contributed by atoms with Crippen molar-refractivity contribution in [2.75, 3.05) is 0 Å². The molecule has 0 N–H and O–H groups in total. The quantitative estimate of drug-likeness (QED) is 0.712. The van der Waals surface area contributed by atoms with Crippen molar-refractivity contribution in [3.8, 4) is 6.07 Å². The lowest BCUT2D eigenvalue weighted by atomic mass is 9.75. The summed E-state index contributed by atoms with van der Waals surface area (Å²) < 4.78 is 0. The van der Waals surface area contributed by atoms with Crippen molar-refractivity contribution in [2.24, 2.45) is 16.7 Å². The molecule has 1 saturated carbocycles. The van der Waals surface area contributed by atoms with Crippen molar-refractivity contribution in [1.82, 2.24) is 0 Å². The smallest absolute Gasteiger partial charge is 0.158 e. The number of carbonyl (C=O) groups excluding carboxylic acids is 1. The molecule has 0 aromatic rings. The number of nitrogens with zero attached hydrogens (tertiary/aromatic N) is 1. The topological polar surface area (TPSA) is 40.9 Å². The molecule has 0 aromatic heterocycles. The van der Waals surface area contributed by atoms with Gasteiger partial charge in [0.1, 0.15) is 5.41 Å². The Morgan fingerprint density at radius 1 is 1.47 bits per heavy atom. The van der Waals surface area contributed by atoms with Crippen LogP contribution in [0.4, 0.5) is 0 Å². The van der Waals surface area contributed by atoms with E-state index in [1.54, 1.807) is 0 Å². The maximum absolute atomic E-state index is 12.2. The van der Waals surface area contributed by atoms with E-state index >= 15 is 0 Å². The van der Waals surface area contributed by atoms with Crippen molar-refractivity contribution in [2.45, 2.75) is 53.4 Å². The molecule has 0 saturated heterocycles. The van der Waals surface area contributed by atoms with Crippen molar-refractivity contribution in [1.29, 1.82) is 5.26 Å². The van der Waals surface area contributed by atoms with Gasteiger partial charge < -0.3 is 0 Å². The third kappa shape index (κ3) is 2.07. The van der Waals surface area contributed by atoms with Gasteiger partial charge in [0.05, 0.1) is 6.07 Å². The Bertz CT molecular complexity index is 300. The number of carbonyl (C=O) groups is 1. The normalized spacial score (nSPS) is 31.3. The zero-order valence-corrected chi connectivity index (χ0v) is 10.3. The van der Waals surface area contributed by atoms with Gasteiger partial charge in [-0.15, -0.1) is 0 Å². The van der Waals surface area contributed by atoms with Gasteiger partial charge in [-0.3, -0.25) is 4.79 Å². The number of rotatable bonds is 3. The van der Waals surface area contributed by atoms with E-state index in [4.69, 9.17) is 0 Å². The van der Waals surface area contributed by atoms with Crippen LogP contribution >= 0.6 is 0 Å². The van der Waals surface area contributed by atoms with E-state index in [0.717, 1.165) is 25.7 Å². The molecule has 15 heavy (non-hydrogen) atoms. The average Bonchev–Trinajstić information content (AvgIpc) is 2.43. The minimum absolute atomic E-state index is 0.165. The number of nitriles is 1. The lowest BCUT2D eigenvalue weighted by Gasteiger charge is -2.24. The summed E-state index contributed by atoms with van der Waals surface area (Å²) in [6.07, 6.45) is 3.38. The summed E-state index contributed by atoms with van der Waals surface area (Å²) in [7, 11) is 0. The Morgan fingerprint density at radius 2 is 2.07 bits per heavy atom. The van der Waals surface area contributed by atoms with Gasteiger partial charge >= 0.3 is 0 Å². The van der Waals surface area contributed by atoms with Crippen LogP contribution in [0.2, 0.25) is 0 Å². The highest BCUT2D eigenvalue weighted by Crippen LogP contribution is 2.48. The van der Waals surface area contributed by atoms with Gasteiger partial charge in [0.2, 0.25) is 0 Å². The van der Waals surface area contributed by atoms with Crippen LogP contribution in [0.5, 0.6) is 0 Å². The van der Waals surface area contributed by atoms with E-state index in [1.807, 2.05) is 13.8 Å². The fraction of sp³-hybridized carbons (Fsp3) is 0.846. The van der Waals surface area contributed by atoms with E-state index in [2.05, 4.69) is 19.9 Å². The summed E-state index contributed by atoms with van der Waals surface area (Å²) in [6, 6.07) is 2.30. The Hall–Kier alpha value is -0.840. The molecule has 2 atom stereocenters. The van der Waals surface area contributed by atoms with Gasteiger partial charge in [0.25, 0.3) is 0 Å². The Morgan fingerprint density at radius 3 is 2.40 bits per heavy atom. The van der Waals surface area contributed by atoms with Crippen LogP contribution < -0.4 is 0 Å². The Kier molecular flexibility index (Phi) is 3.23. The van der Waals surface area contributed by atoms with Crippen LogP contribution in [0.1, 0.15) is 53.4 Å². The molecule has 0 bridgehead atoms. The number of hydrogen-bond acceptors (Lipinski definition) is 2. The van der Waals surface area contributed by atoms with Crippen LogP contribution in [0, 0.1) is 28.1 Å². The average molecular weight is 207 g/mol. The molecule has 0 radical (unpaired) electrons. The standard InChI is InChI=1S/C13H21NO/c1-5-10(2)8-13(9-14)7-6-12(3,4)11(13)15/h10H,5-8H2,1-4H3. The lowest BCUT2D eigenvalue weighted by Crippen LogP contribution is -2.32. The summed E-state index contributed by atoms with van der Waals surface area (Å²) in [5.74, 6) is 0.625. The number of ketones is 1. The van der Waals surface area contributed by atoms with Crippen LogP contribution in [0.3, 0.4) is 0 Å². The highest BCUT2D eigenvalue weighted by Gasteiger charge is 2.52. The minimum Gasteiger partial charge on any atom is -0.297 e. The SMILES string of the molecule is CCC(C)CC1(C#N)CCC(C)(C)C1=O. The fourth-order valence-corrected chi connectivity index (χ4v) is 2.49. The molecule has 2 heteroatoms. The van der Waals surface area contributed by atoms with Gasteiger partial charge in [0.15, 0.2) is 5.78 Å². The molecule has 1 aliphatic carbocycles. The molecule has 2 unspecified atom stereocenters. The number of Topliss-reactive ketones (excluding diaryl/α,β-unsaturated/α-hetero) is 1. The third-order valence-electron chi connectivity index (χ3n) is 3.83. The van der Waals surface area contributed by atoms with Crippen molar-refractivity contribution in [3.63, 3.8) is 0 Å². The Labute approximate surface area is 92.7 Å². The van der Waals surface area contributed by atoms with Gasteiger partial charge in [-0.05, 0) is 25.2 Å². The summed E-state index contributed by atoms with van der Waals surface area (Å²) in [6.45, 7) is 8.16. The monoisotopic (exact) mass is 207 g/mol. The summed E-state index contributed by atoms with van der Waals surface area (Å²) in [5, 5.41) is 9.29. The van der Waals surface area contributed by atoms with E-state index in [0.29, 0.717) is 5.92 Å². The van der Waals surface area contributed by atoms with Gasteiger partial charge in [-0.2, -0.15) is 5.26 Å². The second kappa shape index (κ2) is 3.96. The molecule has 0 amide bonds. The molecule has 0 spiro atoms. The third-order valence-corrected chi connectivity index (χ3v) is 3.83. The molecule has 1 rings (SSSR count). The van der Waals surface area contributed by atoms with E-state index in [1.165, 1.54) is 0 Å². The first kappa shape index (κ1) is 12.2. The first-order valence-corrected chi connectivity index (χ1v) is 5.84. The van der Waals surface area contributed by atoms with E-state index in [-0.39, 0.29) is 11.2 Å². The largest absolute Gasteiger partial charge is 0.297 e. The predicted molar refractivity (Wildman–Crippen MR) is 60.1 cm³/mol. The van der Waals surface area contributed by atoms with E-state index < -0.39 is 5.41 Å². The highest BCUT2D eigenvalue weighted by molar-refractivity contribution is 5.94. The zero-order valence-electron chi connectivity index (χ0n) is 10.3. The van der Waals surface area contributed by atoms with Crippen molar-refractivity contribution in [3.05, 3.63) is 0 Å². The maximum atomic E-state index is 12.2. The van der Waals surface area contributed by atoms with Crippen LogP contribution in [-0.4, -0.2) is 5.78 Å². The number of hydrogen-bond donors (Lipinski definition) is 0. The molecule has 0 heterocycles. The molecular weight excluding hydrogens is 186 g/mol. The fourth-order valence-electron chi connectivity index (χ4n) is 2.49. The van der Waals surface area contributed by atoms with Gasteiger partial charge in [0, 0.05) is 5.41 Å². The highest BCUT2D eigenvalue weighted by atomic mass is 16.1. The summed E-state index contributed by atoms with van der Waals surface area (Å²) in [4.78, 5) is 12.2. The first-order valence-electron chi connectivity index (χ1n) is 5.84. The van der Waals surface area contributed by atoms with Gasteiger partial charge in [-0.1, -0.05) is 34.1 Å². The van der Waals surface area contributed by atoms with Crippen LogP contribution in [0.15, 0.2) is 0 Å². The molecular formula is C13H21NO. The molecule has 84 valence electrons. The van der Waals surface area contributed by atoms with Crippen molar-refractivity contribution < 1.29 is 4.79 Å². The molecule has 2 nitrogen and oxygen atoms in total. The second-order valence-electron chi connectivity index (χ2n) is 5.62. The molecule has 0 aromatic carbocycles. The minimum atomic E-state index is -0.682. The lowest BCUT2D eigenvalue weighted by molar-refractivity contribution is -0.130. The summed E-state index contributed by atoms with van der Waals surface area (Å²) in [5.41, 5.74) is -0.970. The molecule has 1 aliphatic rings. The van der Waals surface area contributed by atoms with Crippen LogP contribution in [-0.2, 0) is 4.79 Å². The predicted octanol–water partition coefficient (Wildman–Crippen LogP) is 3.32. The van der Waals surface area contributed by atoms with Gasteiger partial charge in [-0.25, -0.2) is 0 Å². The Balaban J connectivity index is 2.90. The van der Waals surface area contributed by atoms with E-state index in [9.17, 15) is 10.1 Å². The summed E-state index contributed by atoms with van der Waals surface area (Å²) >= 11 is 0. The van der Waals surface area contributed by atoms with Crippen LogP contribution in [0.25, 0.3) is 0 Å². The maximum Gasteiger partial charge on any atom is 0.158 e. The second-order valence-corrected chi connectivity index (χ2v) is 5.62. The molecule has 0 aliphatic heterocycles. The zero-order chi connectivity index (χ0) is 11.7. The first-order chi connectivity index (χ1) is 6.88. The molecule has 1 fully saturated rings.